The van der Waals surface area contributed by atoms with E-state index in [-0.39, 0.29) is 0 Å². The van der Waals surface area contributed by atoms with E-state index in [0.29, 0.717) is 0 Å². The van der Waals surface area contributed by atoms with Crippen molar-refractivity contribution < 1.29 is 117 Å². The highest BCUT2D eigenvalue weighted by atomic mass is 16.5. The van der Waals surface area contributed by atoms with Gasteiger partial charge in [-0.05, 0) is 0 Å². The van der Waals surface area contributed by atoms with Crippen molar-refractivity contribution >= 4 is 7.32 Å². The van der Waals surface area contributed by atoms with Gasteiger partial charge in [0.25, 0.3) is 0 Å². The Kier molecular flexibility index (Phi) is 50.7. The number of hydrogen-bond acceptors (Lipinski definition) is 23. The third-order valence-corrected chi connectivity index (χ3v) is 4.09. The first kappa shape index (κ1) is 55.5. The lowest BCUT2D eigenvalue weighted by atomic mass is 10.2. The van der Waals surface area contributed by atoms with Crippen molar-refractivity contribution in [1.82, 2.24) is 0 Å². The van der Waals surface area contributed by atoms with Gasteiger partial charge >= 0.3 is 7.32 Å². The van der Waals surface area contributed by atoms with E-state index in [2.05, 4.69) is 0 Å². The fourth-order valence-corrected chi connectivity index (χ4v) is 1.22. The van der Waals surface area contributed by atoms with Gasteiger partial charge in [-0.25, -0.2) is 0 Å². The Hall–Kier alpha value is -0.855. The molecule has 0 bridgehead atoms. The summed E-state index contributed by atoms with van der Waals surface area (Å²) >= 11 is 0. The normalized spacial score (nSPS) is 17.0. The first-order valence-corrected chi connectivity index (χ1v) is 12.3. The Morgan fingerprint density at radius 1 is 0.227 bits per heavy atom. The van der Waals surface area contributed by atoms with Crippen LogP contribution in [-0.2, 0) is 0 Å². The molecule has 23 nitrogen and oxygen atoms in total. The van der Waals surface area contributed by atoms with Crippen molar-refractivity contribution in [3.8, 4) is 0 Å². The van der Waals surface area contributed by atoms with E-state index in [1.54, 1.807) is 0 Å². The Balaban J connectivity index is -0.0000000995. The van der Waals surface area contributed by atoms with Crippen LogP contribution in [0.15, 0.2) is 0 Å². The average molecular weight is 672 g/mol. The fourth-order valence-electron chi connectivity index (χ4n) is 1.22. The van der Waals surface area contributed by atoms with Gasteiger partial charge in [-0.2, -0.15) is 0 Å². The van der Waals surface area contributed by atoms with Crippen molar-refractivity contribution in [2.75, 3.05) is 66.1 Å². The fraction of sp³-hybridized carbons (Fsp3) is 1.00. The summed E-state index contributed by atoms with van der Waals surface area (Å²) in [7, 11) is -2.17. The smallest absolute Gasteiger partial charge is 0.402 e. The summed E-state index contributed by atoms with van der Waals surface area (Å²) < 4.78 is 0. The maximum Gasteiger partial charge on any atom is 0.631 e. The lowest BCUT2D eigenvalue weighted by molar-refractivity contribution is -0.0388. The van der Waals surface area contributed by atoms with Crippen LogP contribution in [0.25, 0.3) is 0 Å². The van der Waals surface area contributed by atoms with Crippen molar-refractivity contribution in [2.24, 2.45) is 0 Å². The van der Waals surface area contributed by atoms with Crippen LogP contribution in [0.4, 0.5) is 0 Å². The summed E-state index contributed by atoms with van der Waals surface area (Å²) in [5, 5.41) is 187. The van der Waals surface area contributed by atoms with Gasteiger partial charge in [0.05, 0.1) is 66.1 Å². The standard InChI is InChI=1S/5C4H10O4.BH3O3/c5*5-1-3(7)4(8)2-6;2-1(3)4/h5*3-8H,1-2H2;2-4H/t5*3-,4+;. The molecule has 0 aliphatic rings. The van der Waals surface area contributed by atoms with Gasteiger partial charge in [-0.3, -0.25) is 0 Å². The Labute approximate surface area is 252 Å². The van der Waals surface area contributed by atoms with Gasteiger partial charge in [-0.15, -0.1) is 0 Å². The quantitative estimate of drug-likeness (QED) is 0.0718. The van der Waals surface area contributed by atoms with Crippen LogP contribution in [0.3, 0.4) is 0 Å². The molecule has 0 unspecified atom stereocenters. The summed E-state index contributed by atoms with van der Waals surface area (Å²) in [5.74, 6) is 0. The molecule has 0 aromatic rings. The van der Waals surface area contributed by atoms with Crippen molar-refractivity contribution in [1.29, 1.82) is 0 Å². The van der Waals surface area contributed by atoms with Crippen LogP contribution in [0.5, 0.6) is 0 Å². The van der Waals surface area contributed by atoms with Crippen LogP contribution in [0, 0.1) is 0 Å². The van der Waals surface area contributed by atoms with Gasteiger partial charge < -0.3 is 117 Å². The molecule has 0 saturated heterocycles. The Morgan fingerprint density at radius 3 is 0.295 bits per heavy atom. The van der Waals surface area contributed by atoms with Gasteiger partial charge in [0, 0.05) is 0 Å². The van der Waals surface area contributed by atoms with Crippen LogP contribution in [0.1, 0.15) is 0 Å². The molecule has 23 N–H and O–H groups in total. The molecular formula is C20H53BO23. The summed E-state index contributed by atoms with van der Waals surface area (Å²) in [6.07, 6.45) is -12.2. The maximum absolute atomic E-state index is 8.47. The zero-order chi connectivity index (χ0) is 36.4. The Bertz CT molecular complexity index is 379. The minimum atomic E-state index is -2.17. The molecule has 0 heterocycles. The molecule has 0 aliphatic heterocycles. The molecule has 0 rings (SSSR count). The highest BCUT2D eigenvalue weighted by Crippen LogP contribution is 1.91. The third kappa shape index (κ3) is 43.3. The maximum atomic E-state index is 8.47. The molecule has 0 aromatic heterocycles. The average Bonchev–Trinajstić information content (AvgIpc) is 3.04. The topological polar surface area (TPSA) is 465 Å². The molecule has 0 aromatic carbocycles. The monoisotopic (exact) mass is 672 g/mol. The summed E-state index contributed by atoms with van der Waals surface area (Å²) in [6, 6.07) is 0. The Morgan fingerprint density at radius 2 is 0.273 bits per heavy atom. The predicted octanol–water partition coefficient (Wildman–Crippen LogP) is -13.6. The zero-order valence-electron chi connectivity index (χ0n) is 23.7. The van der Waals surface area contributed by atoms with Gasteiger partial charge in [0.15, 0.2) is 0 Å². The van der Waals surface area contributed by atoms with Crippen LogP contribution in [0.2, 0.25) is 0 Å². The van der Waals surface area contributed by atoms with E-state index >= 15 is 0 Å². The van der Waals surface area contributed by atoms with Crippen molar-refractivity contribution in [2.45, 2.75) is 61.0 Å². The van der Waals surface area contributed by atoms with E-state index in [1.165, 1.54) is 0 Å². The second-order valence-electron chi connectivity index (χ2n) is 7.85. The van der Waals surface area contributed by atoms with E-state index in [1.807, 2.05) is 0 Å². The molecule has 274 valence electrons. The van der Waals surface area contributed by atoms with Crippen LogP contribution < -0.4 is 0 Å². The van der Waals surface area contributed by atoms with E-state index in [9.17, 15) is 0 Å². The second kappa shape index (κ2) is 40.2. The summed E-state index contributed by atoms with van der Waals surface area (Å²) in [6.45, 7) is -5.26. The number of rotatable bonds is 15. The number of aliphatic hydroxyl groups is 20. The first-order valence-electron chi connectivity index (χ1n) is 12.3. The molecule has 24 heteroatoms. The van der Waals surface area contributed by atoms with E-state index < -0.39 is 134 Å². The predicted molar refractivity (Wildman–Crippen MR) is 143 cm³/mol. The summed E-state index contributed by atoms with van der Waals surface area (Å²) in [5.41, 5.74) is 0. The highest BCUT2D eigenvalue weighted by molar-refractivity contribution is 6.30. The molecule has 44 heavy (non-hydrogen) atoms. The van der Waals surface area contributed by atoms with Gasteiger partial charge in [-0.1, -0.05) is 0 Å². The highest BCUT2D eigenvalue weighted by Gasteiger charge is 2.14. The largest absolute Gasteiger partial charge is 0.631 e. The molecule has 0 amide bonds. The van der Waals surface area contributed by atoms with Gasteiger partial charge in [0.2, 0.25) is 0 Å². The first-order chi connectivity index (χ1) is 20.3. The van der Waals surface area contributed by atoms with E-state index in [0.717, 1.165) is 0 Å². The molecule has 0 aliphatic carbocycles. The summed E-state index contributed by atoms with van der Waals surface area (Å²) in [4.78, 5) is 0. The minimum absolute atomic E-state index is 0.526. The minimum Gasteiger partial charge on any atom is -0.402 e. The SMILES string of the molecule is OB(O)O.OC[C@@H](O)[C@@H](O)CO.OC[C@@H](O)[C@@H](O)CO.OC[C@@H](O)[C@@H](O)CO.OC[C@@H](O)[C@@H](O)CO.OC[C@@H](O)[C@@H](O)CO. The van der Waals surface area contributed by atoms with Crippen molar-refractivity contribution in [3.05, 3.63) is 0 Å². The molecular weight excluding hydrogens is 619 g/mol. The third-order valence-electron chi connectivity index (χ3n) is 4.09. The zero-order valence-corrected chi connectivity index (χ0v) is 23.7. The van der Waals surface area contributed by atoms with Crippen LogP contribution >= 0.6 is 0 Å². The lowest BCUT2D eigenvalue weighted by Crippen LogP contribution is -2.31. The second-order valence-corrected chi connectivity index (χ2v) is 7.85. The van der Waals surface area contributed by atoms with Gasteiger partial charge in [0.1, 0.15) is 61.0 Å². The van der Waals surface area contributed by atoms with Crippen molar-refractivity contribution in [3.63, 3.8) is 0 Å². The lowest BCUT2D eigenvalue weighted by Gasteiger charge is -2.10. The molecule has 0 spiro atoms. The number of aliphatic hydroxyl groups excluding tert-OH is 20. The molecule has 0 radical (unpaired) electrons. The van der Waals surface area contributed by atoms with Crippen LogP contribution in [-0.4, -0.2) is 252 Å². The molecule has 0 saturated carbocycles. The number of hydrogen-bond donors (Lipinski definition) is 23. The molecule has 10 atom stereocenters. The van der Waals surface area contributed by atoms with E-state index in [4.69, 9.17) is 117 Å². The molecule has 0 fully saturated rings.